The van der Waals surface area contributed by atoms with E-state index in [1.807, 2.05) is 12.2 Å². The standard InChI is InChI=1S/C36H25BrO/c37-20-6-5-7-29-22-28-21-26(17-19-36(28)38-29)24-12-14-25(15-13-24)27-16-18-34-32-10-2-1-8-30(32)31-9-3-4-11-33(31)35(34)23-27/h1-19,21,23H,20,22H2/b6-5-,29-7+. The zero-order chi connectivity index (χ0) is 25.5. The minimum absolute atomic E-state index is 0.827. The highest BCUT2D eigenvalue weighted by molar-refractivity contribution is 9.09. The highest BCUT2D eigenvalue weighted by Crippen LogP contribution is 2.38. The summed E-state index contributed by atoms with van der Waals surface area (Å²) in [5.41, 5.74) is 6.12. The predicted octanol–water partition coefficient (Wildman–Crippen LogP) is 10.3. The van der Waals surface area contributed by atoms with Crippen LogP contribution in [-0.2, 0) is 6.42 Å². The third-order valence-corrected chi connectivity index (χ3v) is 7.84. The van der Waals surface area contributed by atoms with Crippen molar-refractivity contribution >= 4 is 48.2 Å². The van der Waals surface area contributed by atoms with Crippen LogP contribution in [0.1, 0.15) is 5.56 Å². The van der Waals surface area contributed by atoms with Gasteiger partial charge in [0.15, 0.2) is 0 Å². The third kappa shape index (κ3) is 4.02. The lowest BCUT2D eigenvalue weighted by Crippen LogP contribution is -1.85. The highest BCUT2D eigenvalue weighted by Gasteiger charge is 2.17. The van der Waals surface area contributed by atoms with Crippen LogP contribution in [0.4, 0.5) is 0 Å². The molecular formula is C36H25BrO. The van der Waals surface area contributed by atoms with Crippen molar-refractivity contribution in [3.63, 3.8) is 0 Å². The van der Waals surface area contributed by atoms with Gasteiger partial charge in [0.1, 0.15) is 11.5 Å². The van der Waals surface area contributed by atoms with Crippen molar-refractivity contribution < 1.29 is 4.74 Å². The van der Waals surface area contributed by atoms with E-state index < -0.39 is 0 Å². The quantitative estimate of drug-likeness (QED) is 0.156. The molecule has 0 aliphatic carbocycles. The summed E-state index contributed by atoms with van der Waals surface area (Å²) in [4.78, 5) is 0. The van der Waals surface area contributed by atoms with Gasteiger partial charge in [0.05, 0.1) is 0 Å². The molecule has 0 saturated carbocycles. The van der Waals surface area contributed by atoms with Crippen LogP contribution < -0.4 is 4.74 Å². The van der Waals surface area contributed by atoms with Gasteiger partial charge in [0, 0.05) is 17.3 Å². The second-order valence-electron chi connectivity index (χ2n) is 9.75. The molecule has 0 spiro atoms. The van der Waals surface area contributed by atoms with E-state index in [0.717, 1.165) is 23.3 Å². The summed E-state index contributed by atoms with van der Waals surface area (Å²) in [6.07, 6.45) is 6.97. The van der Waals surface area contributed by atoms with Gasteiger partial charge in [0.2, 0.25) is 0 Å². The van der Waals surface area contributed by atoms with Gasteiger partial charge in [-0.3, -0.25) is 0 Å². The van der Waals surface area contributed by atoms with E-state index in [1.165, 1.54) is 60.1 Å². The minimum Gasteiger partial charge on any atom is -0.461 e. The maximum atomic E-state index is 6.01. The lowest BCUT2D eigenvalue weighted by molar-refractivity contribution is 0.446. The lowest BCUT2D eigenvalue weighted by atomic mass is 9.91. The molecule has 0 unspecified atom stereocenters. The Labute approximate surface area is 230 Å². The van der Waals surface area contributed by atoms with Crippen LogP contribution in [0.5, 0.6) is 5.75 Å². The highest BCUT2D eigenvalue weighted by atomic mass is 79.9. The lowest BCUT2D eigenvalue weighted by Gasteiger charge is -2.12. The van der Waals surface area contributed by atoms with Gasteiger partial charge in [0.25, 0.3) is 0 Å². The number of allylic oxidation sites excluding steroid dienone is 4. The molecule has 1 aliphatic heterocycles. The van der Waals surface area contributed by atoms with E-state index in [2.05, 4.69) is 131 Å². The van der Waals surface area contributed by atoms with Crippen LogP contribution >= 0.6 is 15.9 Å². The van der Waals surface area contributed by atoms with Gasteiger partial charge in [-0.25, -0.2) is 0 Å². The molecule has 182 valence electrons. The first-order valence-electron chi connectivity index (χ1n) is 12.9. The summed E-state index contributed by atoms with van der Waals surface area (Å²) < 4.78 is 6.01. The van der Waals surface area contributed by atoms with E-state index in [4.69, 9.17) is 4.74 Å². The summed E-state index contributed by atoms with van der Waals surface area (Å²) in [7, 11) is 0. The van der Waals surface area contributed by atoms with Crippen molar-refractivity contribution in [1.29, 1.82) is 0 Å². The third-order valence-electron chi connectivity index (χ3n) is 7.47. The van der Waals surface area contributed by atoms with Crippen LogP contribution in [0, 0.1) is 0 Å². The summed E-state index contributed by atoms with van der Waals surface area (Å²) in [5, 5.41) is 8.67. The van der Waals surface area contributed by atoms with E-state index in [-0.39, 0.29) is 0 Å². The first-order chi connectivity index (χ1) is 18.8. The van der Waals surface area contributed by atoms with Gasteiger partial charge >= 0.3 is 0 Å². The Morgan fingerprint density at radius 2 is 1.11 bits per heavy atom. The summed E-state index contributed by atoms with van der Waals surface area (Å²) in [5.74, 6) is 1.95. The number of ether oxygens (including phenoxy) is 1. The number of hydrogen-bond acceptors (Lipinski definition) is 1. The van der Waals surface area contributed by atoms with Gasteiger partial charge in [-0.05, 0) is 78.8 Å². The molecule has 6 aromatic rings. The van der Waals surface area contributed by atoms with Crippen molar-refractivity contribution in [3.05, 3.63) is 139 Å². The van der Waals surface area contributed by atoms with Gasteiger partial charge in [-0.2, -0.15) is 0 Å². The van der Waals surface area contributed by atoms with Crippen LogP contribution in [0.25, 0.3) is 54.6 Å². The molecule has 0 radical (unpaired) electrons. The molecule has 38 heavy (non-hydrogen) atoms. The molecule has 2 heteroatoms. The maximum Gasteiger partial charge on any atom is 0.130 e. The van der Waals surface area contributed by atoms with E-state index in [9.17, 15) is 0 Å². The largest absolute Gasteiger partial charge is 0.461 e. The van der Waals surface area contributed by atoms with E-state index >= 15 is 0 Å². The Balaban J connectivity index is 1.24. The Bertz CT molecular complexity index is 1860. The zero-order valence-electron chi connectivity index (χ0n) is 20.8. The fourth-order valence-corrected chi connectivity index (χ4v) is 5.84. The molecular weight excluding hydrogens is 528 g/mol. The molecule has 0 bridgehead atoms. The SMILES string of the molecule is BrC/C=C\C=C1/Cc2cc(-c3ccc(-c4ccc5c6ccccc6c6ccccc6c5c4)cc3)ccc2O1. The van der Waals surface area contributed by atoms with Crippen molar-refractivity contribution in [2.24, 2.45) is 0 Å². The second kappa shape index (κ2) is 9.63. The zero-order valence-corrected chi connectivity index (χ0v) is 22.4. The van der Waals surface area contributed by atoms with Crippen LogP contribution in [-0.4, -0.2) is 5.33 Å². The molecule has 7 rings (SSSR count). The Hall–Kier alpha value is -4.14. The molecule has 1 heterocycles. The molecule has 0 amide bonds. The molecule has 1 nitrogen and oxygen atoms in total. The van der Waals surface area contributed by atoms with Gasteiger partial charge < -0.3 is 4.74 Å². The normalized spacial score (nSPS) is 14.1. The number of alkyl halides is 1. The van der Waals surface area contributed by atoms with Crippen molar-refractivity contribution in [3.8, 4) is 28.0 Å². The van der Waals surface area contributed by atoms with Crippen molar-refractivity contribution in [1.82, 2.24) is 0 Å². The topological polar surface area (TPSA) is 9.23 Å². The smallest absolute Gasteiger partial charge is 0.130 e. The van der Waals surface area contributed by atoms with Crippen molar-refractivity contribution in [2.45, 2.75) is 6.42 Å². The van der Waals surface area contributed by atoms with Crippen LogP contribution in [0.2, 0.25) is 0 Å². The molecule has 1 aliphatic rings. The first kappa shape index (κ1) is 23.0. The molecule has 0 N–H and O–H groups in total. The summed E-state index contributed by atoms with van der Waals surface area (Å²) in [6.45, 7) is 0. The second-order valence-corrected chi connectivity index (χ2v) is 10.4. The average Bonchev–Trinajstić information content (AvgIpc) is 3.39. The maximum absolute atomic E-state index is 6.01. The predicted molar refractivity (Wildman–Crippen MR) is 165 cm³/mol. The Morgan fingerprint density at radius 1 is 0.579 bits per heavy atom. The monoisotopic (exact) mass is 552 g/mol. The Kier molecular flexibility index (Phi) is 5.83. The van der Waals surface area contributed by atoms with E-state index in [1.54, 1.807) is 0 Å². The molecule has 0 aromatic heterocycles. The number of halogens is 1. The molecule has 0 atom stereocenters. The fourth-order valence-electron chi connectivity index (χ4n) is 5.62. The summed E-state index contributed by atoms with van der Waals surface area (Å²) in [6, 6.07) is 39.8. The molecule has 0 fully saturated rings. The van der Waals surface area contributed by atoms with Crippen LogP contribution in [0.15, 0.2) is 133 Å². The first-order valence-corrected chi connectivity index (χ1v) is 14.1. The molecule has 6 aromatic carbocycles. The number of fused-ring (bicyclic) bond motifs is 7. The number of benzene rings is 6. The van der Waals surface area contributed by atoms with Crippen LogP contribution in [0.3, 0.4) is 0 Å². The average molecular weight is 553 g/mol. The van der Waals surface area contributed by atoms with Gasteiger partial charge in [-0.15, -0.1) is 0 Å². The number of rotatable bonds is 4. The minimum atomic E-state index is 0.827. The fraction of sp³-hybridized carbons (Fsp3) is 0.0556. The van der Waals surface area contributed by atoms with Gasteiger partial charge in [-0.1, -0.05) is 119 Å². The van der Waals surface area contributed by atoms with Crippen molar-refractivity contribution in [2.75, 3.05) is 5.33 Å². The Morgan fingerprint density at radius 3 is 1.74 bits per heavy atom. The summed E-state index contributed by atoms with van der Waals surface area (Å²) >= 11 is 3.41. The number of hydrogen-bond donors (Lipinski definition) is 0. The molecule has 0 saturated heterocycles. The van der Waals surface area contributed by atoms with E-state index in [0.29, 0.717) is 0 Å².